The highest BCUT2D eigenvalue weighted by Crippen LogP contribution is 2.19. The fourth-order valence-corrected chi connectivity index (χ4v) is 3.40. The minimum Gasteiger partial charge on any atom is -0.376 e. The molecule has 1 saturated heterocycles. The molecule has 1 aromatic heterocycles. The summed E-state index contributed by atoms with van der Waals surface area (Å²) in [4.78, 5) is 17.6. The molecule has 5 nitrogen and oxygen atoms in total. The number of fused-ring (bicyclic) bond motifs is 1. The van der Waals surface area contributed by atoms with E-state index in [2.05, 4.69) is 30.2 Å². The minimum absolute atomic E-state index is 0.0630. The number of benzene rings is 1. The molecule has 2 aromatic rings. The summed E-state index contributed by atoms with van der Waals surface area (Å²) in [5, 5.41) is 4.70. The van der Waals surface area contributed by atoms with Crippen LogP contribution in [0.3, 0.4) is 0 Å². The Morgan fingerprint density at radius 2 is 2.12 bits per heavy atom. The number of rotatable bonds is 4. The van der Waals surface area contributed by atoms with E-state index in [9.17, 15) is 4.79 Å². The highest BCUT2D eigenvalue weighted by molar-refractivity contribution is 7.80. The van der Waals surface area contributed by atoms with Crippen LogP contribution in [0.25, 0.3) is 10.9 Å². The number of pyridine rings is 1. The van der Waals surface area contributed by atoms with Crippen molar-refractivity contribution in [3.8, 4) is 0 Å². The van der Waals surface area contributed by atoms with Gasteiger partial charge in [-0.05, 0) is 73.6 Å². The minimum atomic E-state index is -0.0630. The Bertz CT molecular complexity index is 840. The van der Waals surface area contributed by atoms with Crippen LogP contribution in [-0.2, 0) is 11.3 Å². The molecular formula is C19H25N3O2S. The highest BCUT2D eigenvalue weighted by Gasteiger charge is 2.21. The second-order valence-electron chi connectivity index (χ2n) is 6.72. The molecule has 0 amide bonds. The smallest absolute Gasteiger partial charge is 0.253 e. The van der Waals surface area contributed by atoms with Crippen LogP contribution in [-0.4, -0.2) is 41.3 Å². The Morgan fingerprint density at radius 3 is 2.80 bits per heavy atom. The molecule has 0 aliphatic carbocycles. The van der Waals surface area contributed by atoms with Gasteiger partial charge in [-0.25, -0.2) is 0 Å². The zero-order valence-corrected chi connectivity index (χ0v) is 15.8. The number of ether oxygens (including phenoxy) is 1. The van der Waals surface area contributed by atoms with Crippen molar-refractivity contribution in [3.63, 3.8) is 0 Å². The van der Waals surface area contributed by atoms with Crippen molar-refractivity contribution >= 4 is 28.2 Å². The van der Waals surface area contributed by atoms with Crippen molar-refractivity contribution in [2.24, 2.45) is 0 Å². The van der Waals surface area contributed by atoms with Gasteiger partial charge in [0.1, 0.15) is 0 Å². The summed E-state index contributed by atoms with van der Waals surface area (Å²) < 4.78 is 5.73. The first-order valence-electron chi connectivity index (χ1n) is 8.69. The van der Waals surface area contributed by atoms with Crippen molar-refractivity contribution in [1.29, 1.82) is 0 Å². The molecule has 0 saturated carbocycles. The summed E-state index contributed by atoms with van der Waals surface area (Å²) in [6, 6.07) is 6.12. The number of aromatic amines is 1. The van der Waals surface area contributed by atoms with E-state index in [-0.39, 0.29) is 11.7 Å². The molecule has 1 aliphatic rings. The number of thiocarbonyl (C=S) groups is 1. The van der Waals surface area contributed by atoms with Gasteiger partial charge in [0.2, 0.25) is 0 Å². The van der Waals surface area contributed by atoms with Crippen LogP contribution < -0.4 is 10.9 Å². The molecule has 1 aromatic carbocycles. The molecular weight excluding hydrogens is 334 g/mol. The van der Waals surface area contributed by atoms with Crippen molar-refractivity contribution in [1.82, 2.24) is 15.2 Å². The number of aromatic nitrogens is 1. The molecule has 0 spiro atoms. The zero-order chi connectivity index (χ0) is 18.0. The van der Waals surface area contributed by atoms with E-state index < -0.39 is 0 Å². The monoisotopic (exact) mass is 359 g/mol. The maximum Gasteiger partial charge on any atom is 0.253 e. The zero-order valence-electron chi connectivity index (χ0n) is 15.0. The largest absolute Gasteiger partial charge is 0.376 e. The highest BCUT2D eigenvalue weighted by atomic mass is 32.1. The Kier molecular flexibility index (Phi) is 5.39. The Balaban J connectivity index is 1.90. The van der Waals surface area contributed by atoms with Gasteiger partial charge in [-0.1, -0.05) is 0 Å². The van der Waals surface area contributed by atoms with Crippen LogP contribution >= 0.6 is 12.2 Å². The summed E-state index contributed by atoms with van der Waals surface area (Å²) in [5.41, 5.74) is 3.91. The number of nitrogens with one attached hydrogen (secondary N) is 2. The lowest BCUT2D eigenvalue weighted by Gasteiger charge is -2.27. The third-order valence-corrected chi connectivity index (χ3v) is 5.31. The first-order chi connectivity index (χ1) is 12.0. The topological polar surface area (TPSA) is 57.4 Å². The lowest BCUT2D eigenvalue weighted by atomic mass is 10.0. The molecule has 25 heavy (non-hydrogen) atoms. The summed E-state index contributed by atoms with van der Waals surface area (Å²) >= 11 is 5.43. The molecule has 2 N–H and O–H groups in total. The number of nitrogens with zero attached hydrogens (tertiary/aromatic N) is 1. The van der Waals surface area contributed by atoms with Gasteiger partial charge in [0.05, 0.1) is 12.6 Å². The molecule has 134 valence electrons. The molecule has 1 aliphatic heterocycles. The van der Waals surface area contributed by atoms with Crippen molar-refractivity contribution < 1.29 is 4.74 Å². The summed E-state index contributed by atoms with van der Waals surface area (Å²) in [5.74, 6) is 0. The van der Waals surface area contributed by atoms with E-state index in [4.69, 9.17) is 17.0 Å². The van der Waals surface area contributed by atoms with E-state index in [1.165, 1.54) is 11.1 Å². The van der Waals surface area contributed by atoms with Gasteiger partial charge in [0, 0.05) is 31.3 Å². The lowest BCUT2D eigenvalue weighted by molar-refractivity contribution is 0.0898. The molecule has 0 radical (unpaired) electrons. The van der Waals surface area contributed by atoms with Crippen LogP contribution in [0.1, 0.15) is 29.5 Å². The number of hydrogen-bond donors (Lipinski definition) is 2. The fraction of sp³-hybridized carbons (Fsp3) is 0.474. The standard InChI is InChI=1S/C19H25N3O2S/c1-12-7-14-9-15(18(23)21-17(14)8-13(12)2)10-22(19(25)20-3)11-16-5-4-6-24-16/h7-9,16H,4-6,10-11H2,1-3H3,(H,20,25)(H,21,23)/t16-/m1/s1. The predicted molar refractivity (Wildman–Crippen MR) is 105 cm³/mol. The van der Waals surface area contributed by atoms with E-state index in [1.54, 1.807) is 0 Å². The fourth-order valence-electron chi connectivity index (χ4n) is 3.26. The molecule has 2 heterocycles. The van der Waals surface area contributed by atoms with Gasteiger partial charge in [0.25, 0.3) is 5.56 Å². The number of aryl methyl sites for hydroxylation is 2. The third-order valence-electron chi connectivity index (χ3n) is 4.85. The summed E-state index contributed by atoms with van der Waals surface area (Å²) in [6.45, 7) is 6.11. The van der Waals surface area contributed by atoms with Crippen LogP contribution in [0.5, 0.6) is 0 Å². The Hall–Kier alpha value is -1.92. The number of H-pyrrole nitrogens is 1. The van der Waals surface area contributed by atoms with Gasteiger partial charge in [-0.3, -0.25) is 4.79 Å². The van der Waals surface area contributed by atoms with Gasteiger partial charge in [-0.2, -0.15) is 0 Å². The molecule has 3 rings (SSSR count). The van der Waals surface area contributed by atoms with Gasteiger partial charge in [-0.15, -0.1) is 0 Å². The second kappa shape index (κ2) is 7.54. The van der Waals surface area contributed by atoms with E-state index >= 15 is 0 Å². The number of hydrogen-bond acceptors (Lipinski definition) is 3. The van der Waals surface area contributed by atoms with E-state index in [0.717, 1.165) is 30.4 Å². The Labute approximate surface area is 153 Å². The SMILES string of the molecule is CNC(=S)N(Cc1cc2cc(C)c(C)cc2[nH]c1=O)C[C@H]1CCCO1. The van der Waals surface area contributed by atoms with Crippen LogP contribution in [0.15, 0.2) is 23.0 Å². The average molecular weight is 359 g/mol. The van der Waals surface area contributed by atoms with E-state index in [1.807, 2.05) is 24.1 Å². The average Bonchev–Trinajstić information content (AvgIpc) is 3.09. The quantitative estimate of drug-likeness (QED) is 0.822. The van der Waals surface area contributed by atoms with Gasteiger partial charge >= 0.3 is 0 Å². The molecule has 1 fully saturated rings. The molecule has 0 bridgehead atoms. The van der Waals surface area contributed by atoms with Gasteiger partial charge in [0.15, 0.2) is 5.11 Å². The first-order valence-corrected chi connectivity index (χ1v) is 9.10. The van der Waals surface area contributed by atoms with Crippen molar-refractivity contribution in [2.75, 3.05) is 20.2 Å². The first kappa shape index (κ1) is 17.9. The van der Waals surface area contributed by atoms with Gasteiger partial charge < -0.3 is 19.9 Å². The Morgan fingerprint density at radius 1 is 1.36 bits per heavy atom. The van der Waals surface area contributed by atoms with E-state index in [0.29, 0.717) is 23.8 Å². The lowest BCUT2D eigenvalue weighted by Crippen LogP contribution is -2.42. The summed E-state index contributed by atoms with van der Waals surface area (Å²) in [7, 11) is 1.81. The second-order valence-corrected chi connectivity index (χ2v) is 7.10. The normalized spacial score (nSPS) is 17.0. The predicted octanol–water partition coefficient (Wildman–Crippen LogP) is 2.63. The molecule has 0 unspecified atom stereocenters. The maximum absolute atomic E-state index is 12.5. The molecule has 6 heteroatoms. The van der Waals surface area contributed by atoms with Crippen LogP contribution in [0.4, 0.5) is 0 Å². The van der Waals surface area contributed by atoms with Crippen molar-refractivity contribution in [2.45, 2.75) is 39.3 Å². The maximum atomic E-state index is 12.5. The molecule has 1 atom stereocenters. The van der Waals surface area contributed by atoms with Crippen LogP contribution in [0.2, 0.25) is 0 Å². The third kappa shape index (κ3) is 4.02. The van der Waals surface area contributed by atoms with Crippen molar-refractivity contribution in [3.05, 3.63) is 45.2 Å². The van der Waals surface area contributed by atoms with Crippen LogP contribution in [0, 0.1) is 13.8 Å². The summed E-state index contributed by atoms with van der Waals surface area (Å²) in [6.07, 6.45) is 2.30.